The summed E-state index contributed by atoms with van der Waals surface area (Å²) in [5.74, 6) is 1.95. The zero-order valence-electron chi connectivity index (χ0n) is 12.6. The predicted molar refractivity (Wildman–Crippen MR) is 80.2 cm³/mol. The summed E-state index contributed by atoms with van der Waals surface area (Å²) in [6, 6.07) is 0.660. The second kappa shape index (κ2) is 6.14. The van der Waals surface area contributed by atoms with Gasteiger partial charge in [-0.15, -0.1) is 0 Å². The molecule has 1 N–H and O–H groups in total. The number of rotatable bonds is 5. The molecule has 3 rings (SSSR count). The van der Waals surface area contributed by atoms with Crippen LogP contribution in [-0.2, 0) is 11.3 Å². The Morgan fingerprint density at radius 1 is 1.45 bits per heavy atom. The number of nitrogens with one attached hydrogen (secondary N) is 1. The van der Waals surface area contributed by atoms with Gasteiger partial charge in [-0.05, 0) is 38.6 Å². The summed E-state index contributed by atoms with van der Waals surface area (Å²) in [6.45, 7) is 7.31. The van der Waals surface area contributed by atoms with Gasteiger partial charge in [0.1, 0.15) is 0 Å². The molecule has 1 aromatic rings. The molecule has 2 atom stereocenters. The van der Waals surface area contributed by atoms with E-state index in [0.717, 1.165) is 50.2 Å². The van der Waals surface area contributed by atoms with E-state index < -0.39 is 0 Å². The van der Waals surface area contributed by atoms with Crippen LogP contribution in [0.25, 0.3) is 0 Å². The Hall–Kier alpha value is -1.07. The summed E-state index contributed by atoms with van der Waals surface area (Å²) in [6.07, 6.45) is 5.88. The molecular weight excluding hydrogens is 252 g/mol. The van der Waals surface area contributed by atoms with Crippen LogP contribution in [0.4, 0.5) is 5.95 Å². The smallest absolute Gasteiger partial charge is 0.205 e. The summed E-state index contributed by atoms with van der Waals surface area (Å²) in [5.41, 5.74) is 1.11. The van der Waals surface area contributed by atoms with Gasteiger partial charge in [0.2, 0.25) is 5.95 Å². The van der Waals surface area contributed by atoms with Crippen molar-refractivity contribution in [3.05, 3.63) is 11.9 Å². The number of aromatic nitrogens is 2. The highest BCUT2D eigenvalue weighted by Gasteiger charge is 2.35. The first-order valence-electron chi connectivity index (χ1n) is 7.79. The maximum absolute atomic E-state index is 5.16. The molecule has 0 radical (unpaired) electrons. The second-order valence-electron chi connectivity index (χ2n) is 6.09. The van der Waals surface area contributed by atoms with Crippen molar-refractivity contribution in [1.29, 1.82) is 0 Å². The van der Waals surface area contributed by atoms with Crippen LogP contribution in [0, 0.1) is 12.8 Å². The standard InChI is InChI=1S/C15H26N4O/c1-12-9-18(7-4-8-20-2)15(17-12)19-10-13-5-3-6-16-14(13)11-19/h9,13-14,16H,3-8,10-11H2,1-2H3. The molecule has 2 saturated heterocycles. The van der Waals surface area contributed by atoms with Crippen molar-refractivity contribution in [2.75, 3.05) is 38.3 Å². The Morgan fingerprint density at radius 2 is 2.35 bits per heavy atom. The molecule has 5 heteroatoms. The number of imidazole rings is 1. The van der Waals surface area contributed by atoms with Crippen LogP contribution in [-0.4, -0.2) is 48.9 Å². The molecule has 1 aromatic heterocycles. The van der Waals surface area contributed by atoms with Crippen molar-refractivity contribution in [2.24, 2.45) is 5.92 Å². The number of fused-ring (bicyclic) bond motifs is 1. The molecule has 0 bridgehead atoms. The van der Waals surface area contributed by atoms with E-state index in [0.29, 0.717) is 6.04 Å². The molecule has 0 aromatic carbocycles. The lowest BCUT2D eigenvalue weighted by Crippen LogP contribution is -2.40. The average Bonchev–Trinajstić information content (AvgIpc) is 3.02. The van der Waals surface area contributed by atoms with Gasteiger partial charge in [0.15, 0.2) is 0 Å². The third-order valence-corrected chi connectivity index (χ3v) is 4.51. The average molecular weight is 278 g/mol. The Morgan fingerprint density at radius 3 is 3.15 bits per heavy atom. The Kier molecular flexibility index (Phi) is 4.27. The van der Waals surface area contributed by atoms with E-state index in [1.807, 2.05) is 0 Å². The molecule has 2 fully saturated rings. The van der Waals surface area contributed by atoms with Crippen molar-refractivity contribution < 1.29 is 4.74 Å². The van der Waals surface area contributed by atoms with Gasteiger partial charge in [-0.3, -0.25) is 0 Å². The molecular formula is C15H26N4O. The third-order valence-electron chi connectivity index (χ3n) is 4.51. The summed E-state index contributed by atoms with van der Waals surface area (Å²) in [5, 5.41) is 3.66. The highest BCUT2D eigenvalue weighted by atomic mass is 16.5. The largest absolute Gasteiger partial charge is 0.385 e. The summed E-state index contributed by atoms with van der Waals surface area (Å²) in [4.78, 5) is 7.22. The van der Waals surface area contributed by atoms with E-state index in [4.69, 9.17) is 9.72 Å². The number of hydrogen-bond acceptors (Lipinski definition) is 4. The fourth-order valence-electron chi connectivity index (χ4n) is 3.54. The van der Waals surface area contributed by atoms with Crippen LogP contribution < -0.4 is 10.2 Å². The minimum atomic E-state index is 0.660. The number of aryl methyl sites for hydroxylation is 2. The molecule has 2 aliphatic heterocycles. The van der Waals surface area contributed by atoms with E-state index >= 15 is 0 Å². The SMILES string of the molecule is COCCCn1cc(C)nc1N1CC2CCCNC2C1. The minimum Gasteiger partial charge on any atom is -0.385 e. The maximum Gasteiger partial charge on any atom is 0.205 e. The molecule has 20 heavy (non-hydrogen) atoms. The second-order valence-corrected chi connectivity index (χ2v) is 6.09. The van der Waals surface area contributed by atoms with Crippen LogP contribution in [0.15, 0.2) is 6.20 Å². The van der Waals surface area contributed by atoms with Gasteiger partial charge in [0.05, 0.1) is 5.69 Å². The van der Waals surface area contributed by atoms with Crippen LogP contribution >= 0.6 is 0 Å². The molecule has 5 nitrogen and oxygen atoms in total. The number of piperidine rings is 1. The van der Waals surface area contributed by atoms with Crippen LogP contribution in [0.2, 0.25) is 0 Å². The number of nitrogens with zero attached hydrogens (tertiary/aromatic N) is 3. The van der Waals surface area contributed by atoms with E-state index in [2.05, 4.69) is 27.9 Å². The third kappa shape index (κ3) is 2.83. The quantitative estimate of drug-likeness (QED) is 0.827. The van der Waals surface area contributed by atoms with Gasteiger partial charge in [-0.1, -0.05) is 0 Å². The summed E-state index contributed by atoms with van der Waals surface area (Å²) in [7, 11) is 1.76. The van der Waals surface area contributed by atoms with Gasteiger partial charge >= 0.3 is 0 Å². The van der Waals surface area contributed by atoms with Gasteiger partial charge < -0.3 is 19.5 Å². The predicted octanol–water partition coefficient (Wildman–Crippen LogP) is 1.42. The summed E-state index contributed by atoms with van der Waals surface area (Å²) < 4.78 is 7.45. The van der Waals surface area contributed by atoms with E-state index in [1.165, 1.54) is 19.4 Å². The molecule has 3 heterocycles. The number of ether oxygens (including phenoxy) is 1. The van der Waals surface area contributed by atoms with Crippen molar-refractivity contribution in [3.63, 3.8) is 0 Å². The van der Waals surface area contributed by atoms with Crippen LogP contribution in [0.1, 0.15) is 25.0 Å². The van der Waals surface area contributed by atoms with Crippen molar-refractivity contribution >= 4 is 5.95 Å². The van der Waals surface area contributed by atoms with E-state index in [-0.39, 0.29) is 0 Å². The highest BCUT2D eigenvalue weighted by Crippen LogP contribution is 2.28. The first-order valence-corrected chi connectivity index (χ1v) is 7.79. The lowest BCUT2D eigenvalue weighted by molar-refractivity contribution is 0.190. The summed E-state index contributed by atoms with van der Waals surface area (Å²) >= 11 is 0. The lowest BCUT2D eigenvalue weighted by atomic mass is 9.94. The Labute approximate surface area is 121 Å². The maximum atomic E-state index is 5.16. The molecule has 0 saturated carbocycles. The highest BCUT2D eigenvalue weighted by molar-refractivity contribution is 5.36. The topological polar surface area (TPSA) is 42.3 Å². The van der Waals surface area contributed by atoms with Gasteiger partial charge in [0, 0.05) is 45.6 Å². The van der Waals surface area contributed by atoms with Crippen molar-refractivity contribution in [2.45, 2.75) is 38.8 Å². The Balaban J connectivity index is 1.70. The van der Waals surface area contributed by atoms with Gasteiger partial charge in [-0.2, -0.15) is 0 Å². The molecule has 2 unspecified atom stereocenters. The monoisotopic (exact) mass is 278 g/mol. The Bertz CT molecular complexity index is 431. The normalized spacial score (nSPS) is 26.0. The molecule has 0 spiro atoms. The fourth-order valence-corrected chi connectivity index (χ4v) is 3.54. The van der Waals surface area contributed by atoms with E-state index in [1.54, 1.807) is 7.11 Å². The number of methoxy groups -OCH3 is 1. The van der Waals surface area contributed by atoms with Crippen LogP contribution in [0.5, 0.6) is 0 Å². The van der Waals surface area contributed by atoms with Crippen LogP contribution in [0.3, 0.4) is 0 Å². The van der Waals surface area contributed by atoms with Gasteiger partial charge in [-0.25, -0.2) is 4.98 Å². The first kappa shape index (κ1) is 13.9. The van der Waals surface area contributed by atoms with E-state index in [9.17, 15) is 0 Å². The zero-order chi connectivity index (χ0) is 13.9. The minimum absolute atomic E-state index is 0.660. The molecule has 0 amide bonds. The number of anilines is 1. The first-order chi connectivity index (χ1) is 9.78. The lowest BCUT2D eigenvalue weighted by Gasteiger charge is -2.24. The van der Waals surface area contributed by atoms with Gasteiger partial charge in [0.25, 0.3) is 0 Å². The number of hydrogen-bond donors (Lipinski definition) is 1. The van der Waals surface area contributed by atoms with Crippen molar-refractivity contribution in [3.8, 4) is 0 Å². The molecule has 112 valence electrons. The fraction of sp³-hybridized carbons (Fsp3) is 0.800. The van der Waals surface area contributed by atoms with Crippen molar-refractivity contribution in [1.82, 2.24) is 14.9 Å². The molecule has 2 aliphatic rings. The molecule has 0 aliphatic carbocycles. The zero-order valence-corrected chi connectivity index (χ0v) is 12.6.